The summed E-state index contributed by atoms with van der Waals surface area (Å²) in [6.07, 6.45) is 1.51. The van der Waals surface area contributed by atoms with Crippen LogP contribution in [0.4, 0.5) is 0 Å². The van der Waals surface area contributed by atoms with E-state index in [0.717, 1.165) is 6.42 Å². The van der Waals surface area contributed by atoms with Gasteiger partial charge in [-0.25, -0.2) is 0 Å². The third-order valence-corrected chi connectivity index (χ3v) is 2.86. The van der Waals surface area contributed by atoms with Crippen molar-refractivity contribution in [2.24, 2.45) is 11.7 Å². The van der Waals surface area contributed by atoms with Crippen molar-refractivity contribution < 1.29 is 4.79 Å². The van der Waals surface area contributed by atoms with Gasteiger partial charge in [0.05, 0.1) is 0 Å². The highest BCUT2D eigenvalue weighted by molar-refractivity contribution is 5.76. The molecule has 0 aliphatic heterocycles. The van der Waals surface area contributed by atoms with Gasteiger partial charge in [0.1, 0.15) is 0 Å². The van der Waals surface area contributed by atoms with E-state index in [1.807, 2.05) is 14.1 Å². The lowest BCUT2D eigenvalue weighted by molar-refractivity contribution is -0.122. The minimum absolute atomic E-state index is 0.112. The quantitative estimate of drug-likeness (QED) is 0.647. The number of carbonyl (C=O) groups excluding carboxylic acids is 1. The molecule has 4 nitrogen and oxygen atoms in total. The van der Waals surface area contributed by atoms with Gasteiger partial charge in [0.15, 0.2) is 0 Å². The van der Waals surface area contributed by atoms with Crippen molar-refractivity contribution in [3.05, 3.63) is 0 Å². The van der Waals surface area contributed by atoms with Gasteiger partial charge in [-0.2, -0.15) is 0 Å². The van der Waals surface area contributed by atoms with Crippen LogP contribution in [0.15, 0.2) is 0 Å². The Kier molecular flexibility index (Phi) is 7.34. The molecule has 0 heterocycles. The van der Waals surface area contributed by atoms with Crippen molar-refractivity contribution in [3.8, 4) is 0 Å². The van der Waals surface area contributed by atoms with Gasteiger partial charge in [0, 0.05) is 19.0 Å². The summed E-state index contributed by atoms with van der Waals surface area (Å²) >= 11 is 0. The number of nitrogens with one attached hydrogen (secondary N) is 1. The smallest absolute Gasteiger partial charge is 0.220 e. The molecule has 0 spiro atoms. The summed E-state index contributed by atoms with van der Waals surface area (Å²) < 4.78 is 0. The van der Waals surface area contributed by atoms with Gasteiger partial charge in [-0.15, -0.1) is 0 Å². The summed E-state index contributed by atoms with van der Waals surface area (Å²) in [6, 6.07) is 0.368. The van der Waals surface area contributed by atoms with Gasteiger partial charge in [-0.1, -0.05) is 13.3 Å². The van der Waals surface area contributed by atoms with Gasteiger partial charge in [-0.05, 0) is 33.5 Å². The van der Waals surface area contributed by atoms with Crippen LogP contribution in [0.3, 0.4) is 0 Å². The van der Waals surface area contributed by atoms with Gasteiger partial charge in [0.2, 0.25) is 5.91 Å². The standard InChI is InChI=1S/C11H25N3O/c1-5-10(7-12)6-11(15)13-8-9(2)14(3)4/h9-10H,5-8,12H2,1-4H3,(H,13,15). The average Bonchev–Trinajstić information content (AvgIpc) is 2.22. The highest BCUT2D eigenvalue weighted by Gasteiger charge is 2.11. The van der Waals surface area contributed by atoms with E-state index in [0.29, 0.717) is 31.5 Å². The third-order valence-electron chi connectivity index (χ3n) is 2.86. The second-order valence-electron chi connectivity index (χ2n) is 4.33. The number of hydrogen-bond donors (Lipinski definition) is 2. The Morgan fingerprint density at radius 1 is 1.47 bits per heavy atom. The van der Waals surface area contributed by atoms with E-state index >= 15 is 0 Å². The number of nitrogens with two attached hydrogens (primary N) is 1. The number of carbonyl (C=O) groups is 1. The number of amides is 1. The fraction of sp³-hybridized carbons (Fsp3) is 0.909. The molecule has 0 radical (unpaired) electrons. The molecule has 0 aliphatic carbocycles. The topological polar surface area (TPSA) is 58.4 Å². The summed E-state index contributed by atoms with van der Waals surface area (Å²) in [5.41, 5.74) is 5.55. The molecular formula is C11H25N3O. The van der Waals surface area contributed by atoms with Crippen molar-refractivity contribution in [1.82, 2.24) is 10.2 Å². The maximum Gasteiger partial charge on any atom is 0.220 e. The first-order valence-electron chi connectivity index (χ1n) is 5.64. The lowest BCUT2D eigenvalue weighted by Crippen LogP contribution is -2.39. The molecule has 0 fully saturated rings. The molecule has 0 saturated carbocycles. The van der Waals surface area contributed by atoms with E-state index < -0.39 is 0 Å². The fourth-order valence-electron chi connectivity index (χ4n) is 1.17. The maximum atomic E-state index is 11.5. The van der Waals surface area contributed by atoms with Crippen molar-refractivity contribution in [2.75, 3.05) is 27.2 Å². The van der Waals surface area contributed by atoms with Crippen LogP contribution < -0.4 is 11.1 Å². The number of likely N-dealkylation sites (N-methyl/N-ethyl adjacent to an activating group) is 1. The predicted octanol–water partition coefficient (Wildman–Crippen LogP) is 0.428. The van der Waals surface area contributed by atoms with Crippen LogP contribution in [0.1, 0.15) is 26.7 Å². The first-order valence-corrected chi connectivity index (χ1v) is 5.64. The molecule has 0 bridgehead atoms. The number of nitrogens with zero attached hydrogens (tertiary/aromatic N) is 1. The predicted molar refractivity (Wildman–Crippen MR) is 63.6 cm³/mol. The highest BCUT2D eigenvalue weighted by atomic mass is 16.1. The first-order chi connectivity index (χ1) is 7.01. The van der Waals surface area contributed by atoms with Crippen LogP contribution in [0.25, 0.3) is 0 Å². The molecule has 0 aromatic carbocycles. The molecule has 15 heavy (non-hydrogen) atoms. The van der Waals surface area contributed by atoms with Crippen LogP contribution in [-0.4, -0.2) is 44.0 Å². The third kappa shape index (κ3) is 6.47. The molecule has 0 aromatic heterocycles. The SMILES string of the molecule is CCC(CN)CC(=O)NCC(C)N(C)C. The first kappa shape index (κ1) is 14.4. The van der Waals surface area contributed by atoms with Crippen molar-refractivity contribution in [2.45, 2.75) is 32.7 Å². The van der Waals surface area contributed by atoms with Crippen LogP contribution >= 0.6 is 0 Å². The highest BCUT2D eigenvalue weighted by Crippen LogP contribution is 2.05. The van der Waals surface area contributed by atoms with Crippen molar-refractivity contribution in [3.63, 3.8) is 0 Å². The zero-order chi connectivity index (χ0) is 11.8. The second kappa shape index (κ2) is 7.65. The maximum absolute atomic E-state index is 11.5. The van der Waals surface area contributed by atoms with E-state index in [1.54, 1.807) is 0 Å². The van der Waals surface area contributed by atoms with Crippen LogP contribution in [0.5, 0.6) is 0 Å². The minimum atomic E-state index is 0.112. The number of hydrogen-bond acceptors (Lipinski definition) is 3. The summed E-state index contributed by atoms with van der Waals surface area (Å²) in [7, 11) is 4.01. The average molecular weight is 215 g/mol. The molecule has 0 aromatic rings. The van der Waals surface area contributed by atoms with Crippen molar-refractivity contribution in [1.29, 1.82) is 0 Å². The molecule has 90 valence electrons. The molecule has 4 heteroatoms. The van der Waals surface area contributed by atoms with E-state index in [9.17, 15) is 4.79 Å². The van der Waals surface area contributed by atoms with E-state index in [2.05, 4.69) is 24.1 Å². The fourth-order valence-corrected chi connectivity index (χ4v) is 1.17. The van der Waals surface area contributed by atoms with Crippen LogP contribution in [0, 0.1) is 5.92 Å². The Hall–Kier alpha value is -0.610. The lowest BCUT2D eigenvalue weighted by atomic mass is 10.0. The van der Waals surface area contributed by atoms with Gasteiger partial charge in [0.25, 0.3) is 0 Å². The van der Waals surface area contributed by atoms with Gasteiger partial charge >= 0.3 is 0 Å². The van der Waals surface area contributed by atoms with Crippen molar-refractivity contribution >= 4 is 5.91 Å². The van der Waals surface area contributed by atoms with E-state index in [4.69, 9.17) is 5.73 Å². The molecule has 0 saturated heterocycles. The van der Waals surface area contributed by atoms with Gasteiger partial charge in [-0.3, -0.25) is 4.79 Å². The zero-order valence-electron chi connectivity index (χ0n) is 10.4. The Bertz CT molecular complexity index is 179. The Morgan fingerprint density at radius 3 is 2.47 bits per heavy atom. The molecule has 0 rings (SSSR count). The summed E-state index contributed by atoms with van der Waals surface area (Å²) in [5, 5.41) is 2.93. The monoisotopic (exact) mass is 215 g/mol. The zero-order valence-corrected chi connectivity index (χ0v) is 10.4. The molecule has 2 unspecified atom stereocenters. The summed E-state index contributed by atoms with van der Waals surface area (Å²) in [4.78, 5) is 13.6. The van der Waals surface area contributed by atoms with E-state index in [-0.39, 0.29) is 5.91 Å². The Balaban J connectivity index is 3.74. The molecule has 0 aliphatic rings. The summed E-state index contributed by atoms with van der Waals surface area (Å²) in [6.45, 7) is 5.44. The number of rotatable bonds is 7. The Morgan fingerprint density at radius 2 is 2.07 bits per heavy atom. The van der Waals surface area contributed by atoms with E-state index in [1.165, 1.54) is 0 Å². The summed E-state index contributed by atoms with van der Waals surface area (Å²) in [5.74, 6) is 0.431. The van der Waals surface area contributed by atoms with Gasteiger partial charge < -0.3 is 16.0 Å². The molecule has 3 N–H and O–H groups in total. The van der Waals surface area contributed by atoms with Crippen LogP contribution in [0.2, 0.25) is 0 Å². The normalized spacial score (nSPS) is 15.1. The minimum Gasteiger partial charge on any atom is -0.355 e. The largest absolute Gasteiger partial charge is 0.355 e. The molecule has 1 amide bonds. The molecular weight excluding hydrogens is 190 g/mol. The molecule has 2 atom stereocenters. The van der Waals surface area contributed by atoms with Crippen LogP contribution in [-0.2, 0) is 4.79 Å². The lowest BCUT2D eigenvalue weighted by Gasteiger charge is -2.20. The Labute approximate surface area is 93.2 Å². The second-order valence-corrected chi connectivity index (χ2v) is 4.33.